The van der Waals surface area contributed by atoms with Crippen LogP contribution in [0.3, 0.4) is 0 Å². The molecule has 0 unspecified atom stereocenters. The number of rotatable bonds is 0. The van der Waals surface area contributed by atoms with E-state index in [1.807, 2.05) is 37.0 Å². The lowest BCUT2D eigenvalue weighted by atomic mass is 10.2. The van der Waals surface area contributed by atoms with Crippen LogP contribution in [0.15, 0.2) is 23.3 Å². The van der Waals surface area contributed by atoms with Gasteiger partial charge in [-0.1, -0.05) is 0 Å². The third kappa shape index (κ3) is 1.00. The molecule has 3 nitrogen and oxygen atoms in total. The highest BCUT2D eigenvalue weighted by Crippen LogP contribution is 2.14. The second-order valence-corrected chi connectivity index (χ2v) is 3.42. The fourth-order valence-corrected chi connectivity index (χ4v) is 1.79. The molecular weight excluding hydrogens is 164 g/mol. The summed E-state index contributed by atoms with van der Waals surface area (Å²) in [5.74, 6) is 0. The molecule has 2 rings (SSSR count). The van der Waals surface area contributed by atoms with Gasteiger partial charge in [0.25, 0.3) is 5.56 Å². The molecule has 0 saturated heterocycles. The van der Waals surface area contributed by atoms with E-state index >= 15 is 0 Å². The van der Waals surface area contributed by atoms with Crippen LogP contribution in [0.2, 0.25) is 0 Å². The van der Waals surface area contributed by atoms with Crippen molar-refractivity contribution in [1.29, 1.82) is 0 Å². The molecule has 0 aliphatic rings. The SMILES string of the molecule is Cc1cn(C)c(=O)c2ccn(C)c12. The van der Waals surface area contributed by atoms with Crippen molar-refractivity contribution >= 4 is 10.9 Å². The van der Waals surface area contributed by atoms with Crippen LogP contribution >= 0.6 is 0 Å². The molecule has 0 aliphatic heterocycles. The van der Waals surface area contributed by atoms with E-state index in [1.54, 1.807) is 11.6 Å². The summed E-state index contributed by atoms with van der Waals surface area (Å²) in [4.78, 5) is 11.6. The number of aromatic nitrogens is 2. The smallest absolute Gasteiger partial charge is 0.259 e. The van der Waals surface area contributed by atoms with Gasteiger partial charge in [0.05, 0.1) is 10.9 Å². The van der Waals surface area contributed by atoms with Crippen molar-refractivity contribution < 1.29 is 0 Å². The zero-order chi connectivity index (χ0) is 9.59. The Hall–Kier alpha value is -1.51. The average molecular weight is 176 g/mol. The summed E-state index contributed by atoms with van der Waals surface area (Å²) in [6.07, 6.45) is 3.78. The molecule has 2 heterocycles. The van der Waals surface area contributed by atoms with E-state index in [2.05, 4.69) is 0 Å². The lowest BCUT2D eigenvalue weighted by Gasteiger charge is -2.03. The van der Waals surface area contributed by atoms with E-state index < -0.39 is 0 Å². The Balaban J connectivity index is 3.08. The Bertz CT molecular complexity index is 519. The van der Waals surface area contributed by atoms with Crippen molar-refractivity contribution in [3.63, 3.8) is 0 Å². The molecule has 0 amide bonds. The number of aryl methyl sites for hydroxylation is 3. The number of pyridine rings is 1. The molecule has 3 heteroatoms. The van der Waals surface area contributed by atoms with Crippen LogP contribution in [0.5, 0.6) is 0 Å². The van der Waals surface area contributed by atoms with Crippen LogP contribution in [-0.4, -0.2) is 9.13 Å². The molecule has 0 saturated carbocycles. The van der Waals surface area contributed by atoms with Crippen LogP contribution in [0.4, 0.5) is 0 Å². The molecule has 0 bridgehead atoms. The van der Waals surface area contributed by atoms with Gasteiger partial charge >= 0.3 is 0 Å². The highest BCUT2D eigenvalue weighted by Gasteiger charge is 2.06. The van der Waals surface area contributed by atoms with Crippen molar-refractivity contribution in [3.05, 3.63) is 34.4 Å². The molecule has 2 aromatic heterocycles. The van der Waals surface area contributed by atoms with Gasteiger partial charge in [0.1, 0.15) is 0 Å². The Morgan fingerprint density at radius 2 is 1.92 bits per heavy atom. The van der Waals surface area contributed by atoms with Gasteiger partial charge < -0.3 is 9.13 Å². The van der Waals surface area contributed by atoms with E-state index in [0.29, 0.717) is 0 Å². The molecule has 0 aromatic carbocycles. The Morgan fingerprint density at radius 3 is 2.62 bits per heavy atom. The largest absolute Gasteiger partial charge is 0.350 e. The quantitative estimate of drug-likeness (QED) is 0.592. The molecule has 2 aromatic rings. The minimum Gasteiger partial charge on any atom is -0.350 e. The van der Waals surface area contributed by atoms with E-state index in [-0.39, 0.29) is 5.56 Å². The van der Waals surface area contributed by atoms with E-state index in [0.717, 1.165) is 16.5 Å². The van der Waals surface area contributed by atoms with Gasteiger partial charge in [-0.25, -0.2) is 0 Å². The summed E-state index contributed by atoms with van der Waals surface area (Å²) >= 11 is 0. The van der Waals surface area contributed by atoms with Gasteiger partial charge in [-0.3, -0.25) is 4.79 Å². The van der Waals surface area contributed by atoms with Crippen molar-refractivity contribution in [2.75, 3.05) is 0 Å². The molecule has 0 spiro atoms. The van der Waals surface area contributed by atoms with Crippen molar-refractivity contribution in [3.8, 4) is 0 Å². The minimum atomic E-state index is 0.0706. The van der Waals surface area contributed by atoms with Crippen LogP contribution in [0.1, 0.15) is 5.56 Å². The van der Waals surface area contributed by atoms with E-state index in [4.69, 9.17) is 0 Å². The standard InChI is InChI=1S/C10H12N2O/c1-7-6-12(3)10(13)8-4-5-11(2)9(7)8/h4-6H,1-3H3. The number of hydrogen-bond acceptors (Lipinski definition) is 1. The normalized spacial score (nSPS) is 11.0. The summed E-state index contributed by atoms with van der Waals surface area (Å²) < 4.78 is 3.60. The third-order valence-electron chi connectivity index (χ3n) is 2.38. The van der Waals surface area contributed by atoms with E-state index in [1.165, 1.54) is 0 Å². The van der Waals surface area contributed by atoms with Crippen molar-refractivity contribution in [2.24, 2.45) is 14.1 Å². The Morgan fingerprint density at radius 1 is 1.23 bits per heavy atom. The number of nitrogens with zero attached hydrogens (tertiary/aromatic N) is 2. The van der Waals surface area contributed by atoms with Gasteiger partial charge in [0.2, 0.25) is 0 Å². The molecule has 13 heavy (non-hydrogen) atoms. The first-order valence-corrected chi connectivity index (χ1v) is 4.22. The molecule has 0 fully saturated rings. The van der Waals surface area contributed by atoms with Gasteiger partial charge in [0, 0.05) is 26.5 Å². The molecule has 0 aliphatic carbocycles. The first-order valence-electron chi connectivity index (χ1n) is 4.22. The maximum atomic E-state index is 11.6. The van der Waals surface area contributed by atoms with Crippen molar-refractivity contribution in [1.82, 2.24) is 9.13 Å². The average Bonchev–Trinajstić information content (AvgIpc) is 2.44. The molecule has 0 N–H and O–H groups in total. The second kappa shape index (κ2) is 2.49. The topological polar surface area (TPSA) is 26.9 Å². The lowest BCUT2D eigenvalue weighted by Crippen LogP contribution is -2.16. The minimum absolute atomic E-state index is 0.0706. The molecular formula is C10H12N2O. The number of hydrogen-bond donors (Lipinski definition) is 0. The number of fused-ring (bicyclic) bond motifs is 1. The van der Waals surface area contributed by atoms with Crippen molar-refractivity contribution in [2.45, 2.75) is 6.92 Å². The summed E-state index contributed by atoms with van der Waals surface area (Å²) in [5.41, 5.74) is 2.23. The highest BCUT2D eigenvalue weighted by atomic mass is 16.1. The van der Waals surface area contributed by atoms with Crippen LogP contribution in [-0.2, 0) is 14.1 Å². The predicted octanol–water partition coefficient (Wildman–Crippen LogP) is 1.19. The first kappa shape index (κ1) is 8.10. The summed E-state index contributed by atoms with van der Waals surface area (Å²) in [7, 11) is 3.73. The maximum Gasteiger partial charge on any atom is 0.259 e. The Kier molecular flexibility index (Phi) is 1.55. The van der Waals surface area contributed by atoms with Crippen LogP contribution in [0, 0.1) is 6.92 Å². The van der Waals surface area contributed by atoms with E-state index in [9.17, 15) is 4.79 Å². The van der Waals surface area contributed by atoms with Gasteiger partial charge in [0.15, 0.2) is 0 Å². The van der Waals surface area contributed by atoms with Crippen LogP contribution in [0.25, 0.3) is 10.9 Å². The predicted molar refractivity (Wildman–Crippen MR) is 52.9 cm³/mol. The first-order chi connectivity index (χ1) is 6.11. The third-order valence-corrected chi connectivity index (χ3v) is 2.38. The second-order valence-electron chi connectivity index (χ2n) is 3.42. The fraction of sp³-hybridized carbons (Fsp3) is 0.300. The summed E-state index contributed by atoms with van der Waals surface area (Å²) in [6, 6.07) is 1.87. The van der Waals surface area contributed by atoms with Gasteiger partial charge in [-0.05, 0) is 18.6 Å². The summed E-state index contributed by atoms with van der Waals surface area (Å²) in [5, 5.41) is 0.796. The lowest BCUT2D eigenvalue weighted by molar-refractivity contribution is 0.860. The monoisotopic (exact) mass is 176 g/mol. The Labute approximate surface area is 76.2 Å². The van der Waals surface area contributed by atoms with Crippen LogP contribution < -0.4 is 5.56 Å². The maximum absolute atomic E-state index is 11.6. The highest BCUT2D eigenvalue weighted by molar-refractivity contribution is 5.81. The van der Waals surface area contributed by atoms with Gasteiger partial charge in [-0.2, -0.15) is 0 Å². The molecule has 0 atom stereocenters. The zero-order valence-corrected chi connectivity index (χ0v) is 8.03. The fourth-order valence-electron chi connectivity index (χ4n) is 1.79. The molecule has 68 valence electrons. The molecule has 0 radical (unpaired) electrons. The zero-order valence-electron chi connectivity index (χ0n) is 8.03. The summed E-state index contributed by atoms with van der Waals surface area (Å²) in [6.45, 7) is 2.02. The van der Waals surface area contributed by atoms with Gasteiger partial charge in [-0.15, -0.1) is 0 Å².